The Labute approximate surface area is 160 Å². The highest BCUT2D eigenvalue weighted by Crippen LogP contribution is 2.30. The van der Waals surface area contributed by atoms with Gasteiger partial charge < -0.3 is 10.5 Å². The highest BCUT2D eigenvalue weighted by molar-refractivity contribution is 6.04. The molecule has 0 bridgehead atoms. The quantitative estimate of drug-likeness (QED) is 0.779. The molecule has 0 spiro atoms. The van der Waals surface area contributed by atoms with Crippen molar-refractivity contribution in [2.24, 2.45) is 10.7 Å². The van der Waals surface area contributed by atoms with Crippen molar-refractivity contribution < 1.29 is 14.3 Å². The van der Waals surface area contributed by atoms with Crippen LogP contribution in [0.5, 0.6) is 0 Å². The van der Waals surface area contributed by atoms with Crippen LogP contribution in [0.15, 0.2) is 29.3 Å². The number of morpholine rings is 1. The molecule has 0 aliphatic carbocycles. The number of primary amides is 1. The van der Waals surface area contributed by atoms with Crippen molar-refractivity contribution in [1.82, 2.24) is 9.80 Å². The van der Waals surface area contributed by atoms with E-state index in [1.54, 1.807) is 0 Å². The van der Waals surface area contributed by atoms with E-state index in [1.807, 2.05) is 31.2 Å². The molecular weight excluding hydrogens is 344 g/mol. The van der Waals surface area contributed by atoms with Crippen LogP contribution in [0.3, 0.4) is 0 Å². The van der Waals surface area contributed by atoms with E-state index in [-0.39, 0.29) is 17.1 Å². The average molecular weight is 373 g/mol. The van der Waals surface area contributed by atoms with Gasteiger partial charge >= 0.3 is 6.03 Å². The van der Waals surface area contributed by atoms with Crippen LogP contribution < -0.4 is 15.5 Å². The van der Waals surface area contributed by atoms with E-state index in [0.29, 0.717) is 19.0 Å². The number of ether oxygens (including phenoxy) is 1. The predicted octanol–water partition coefficient (Wildman–Crippen LogP) is 2.26. The SMILES string of the molecule is Cc1ccc([N+]2(C(=O)NC3=NCCCCCC3)CCOCC2C(N)=O)cc1. The maximum absolute atomic E-state index is 13.5. The smallest absolute Gasteiger partial charge is 0.369 e. The van der Waals surface area contributed by atoms with Gasteiger partial charge in [0.2, 0.25) is 6.04 Å². The van der Waals surface area contributed by atoms with Crippen molar-refractivity contribution in [3.05, 3.63) is 29.8 Å². The van der Waals surface area contributed by atoms with Crippen LogP contribution in [0.4, 0.5) is 10.5 Å². The summed E-state index contributed by atoms with van der Waals surface area (Å²) in [7, 11) is 0. The van der Waals surface area contributed by atoms with Crippen LogP contribution in [-0.4, -0.2) is 50.1 Å². The lowest BCUT2D eigenvalue weighted by molar-refractivity contribution is -0.126. The lowest BCUT2D eigenvalue weighted by Crippen LogP contribution is -2.72. The zero-order valence-electron chi connectivity index (χ0n) is 15.9. The second-order valence-electron chi connectivity index (χ2n) is 7.34. The molecule has 2 atom stereocenters. The van der Waals surface area contributed by atoms with E-state index in [0.717, 1.165) is 43.5 Å². The van der Waals surface area contributed by atoms with E-state index in [4.69, 9.17) is 10.5 Å². The maximum Gasteiger partial charge on any atom is 0.427 e. The van der Waals surface area contributed by atoms with Gasteiger partial charge in [-0.15, -0.1) is 0 Å². The number of aryl methyl sites for hydroxylation is 1. The summed E-state index contributed by atoms with van der Waals surface area (Å²) in [4.78, 5) is 30.3. The number of nitrogens with two attached hydrogens (primary N) is 1. The van der Waals surface area contributed by atoms with Gasteiger partial charge in [0.05, 0.1) is 6.61 Å². The molecule has 7 heteroatoms. The van der Waals surface area contributed by atoms with E-state index in [9.17, 15) is 9.59 Å². The van der Waals surface area contributed by atoms with E-state index >= 15 is 0 Å². The molecule has 3 rings (SSSR count). The lowest BCUT2D eigenvalue weighted by atomic mass is 10.1. The number of urea groups is 1. The molecule has 1 fully saturated rings. The maximum atomic E-state index is 13.5. The van der Waals surface area contributed by atoms with Gasteiger partial charge in [-0.3, -0.25) is 15.1 Å². The van der Waals surface area contributed by atoms with Crippen molar-refractivity contribution in [3.63, 3.8) is 0 Å². The zero-order valence-corrected chi connectivity index (χ0v) is 15.9. The van der Waals surface area contributed by atoms with Crippen molar-refractivity contribution in [3.8, 4) is 0 Å². The number of aliphatic imine (C=N–C) groups is 1. The molecule has 0 radical (unpaired) electrons. The van der Waals surface area contributed by atoms with Crippen LogP contribution in [0.2, 0.25) is 0 Å². The minimum absolute atomic E-state index is 0.128. The topological polar surface area (TPSA) is 93.8 Å². The average Bonchev–Trinajstić information content (AvgIpc) is 2.64. The van der Waals surface area contributed by atoms with Gasteiger partial charge in [-0.1, -0.05) is 30.5 Å². The normalized spacial score (nSPS) is 26.4. The number of amides is 3. The Kier molecular flexibility index (Phi) is 6.23. The van der Waals surface area contributed by atoms with Crippen molar-refractivity contribution in [2.75, 3.05) is 26.3 Å². The van der Waals surface area contributed by atoms with Crippen LogP contribution >= 0.6 is 0 Å². The first-order valence-electron chi connectivity index (χ1n) is 9.71. The van der Waals surface area contributed by atoms with E-state index < -0.39 is 11.9 Å². The standard InChI is InChI=1S/C20H28N4O3/c1-15-7-9-16(10-8-15)24(12-13-27-14-17(24)19(21)25)20(26)23-18-6-4-2-3-5-11-22-18/h7-10,17H,2-6,11-14H2,1H3,(H2-,21,22,23,25,26)/p+1. The number of amidine groups is 1. The minimum Gasteiger partial charge on any atom is -0.369 e. The molecule has 2 unspecified atom stereocenters. The van der Waals surface area contributed by atoms with Gasteiger partial charge in [0, 0.05) is 13.0 Å². The largest absolute Gasteiger partial charge is 0.427 e. The molecule has 2 aliphatic heterocycles. The summed E-state index contributed by atoms with van der Waals surface area (Å²) in [6, 6.07) is 6.67. The zero-order chi connectivity index (χ0) is 19.3. The summed E-state index contributed by atoms with van der Waals surface area (Å²) >= 11 is 0. The molecule has 3 amide bonds. The summed E-state index contributed by atoms with van der Waals surface area (Å²) < 4.78 is 5.32. The Balaban J connectivity index is 1.96. The number of nitrogens with one attached hydrogen (secondary N) is 1. The summed E-state index contributed by atoms with van der Waals surface area (Å²) in [6.07, 6.45) is 5.11. The molecule has 1 aromatic carbocycles. The number of rotatable bonds is 2. The van der Waals surface area contributed by atoms with Gasteiger partial charge in [0.25, 0.3) is 5.91 Å². The van der Waals surface area contributed by atoms with Gasteiger partial charge in [-0.2, -0.15) is 4.48 Å². The van der Waals surface area contributed by atoms with Crippen LogP contribution in [-0.2, 0) is 9.53 Å². The summed E-state index contributed by atoms with van der Waals surface area (Å²) in [5, 5.41) is 3.02. The molecule has 0 saturated carbocycles. The Morgan fingerprint density at radius 1 is 1.19 bits per heavy atom. The Morgan fingerprint density at radius 2 is 1.93 bits per heavy atom. The number of hydrogen-bond acceptors (Lipinski definition) is 4. The molecule has 3 N–H and O–H groups in total. The molecule has 0 aromatic heterocycles. The summed E-state index contributed by atoms with van der Waals surface area (Å²) in [5.74, 6) is 0.170. The second-order valence-corrected chi connectivity index (χ2v) is 7.34. The first kappa shape index (κ1) is 19.5. The van der Waals surface area contributed by atoms with Gasteiger partial charge in [-0.05, 0) is 31.9 Å². The number of nitrogens with zero attached hydrogens (tertiary/aromatic N) is 2. The second kappa shape index (κ2) is 8.63. The molecule has 7 nitrogen and oxygen atoms in total. The number of quaternary nitrogens is 1. The highest BCUT2D eigenvalue weighted by Gasteiger charge is 2.52. The van der Waals surface area contributed by atoms with Gasteiger partial charge in [-0.25, -0.2) is 4.79 Å². The highest BCUT2D eigenvalue weighted by atomic mass is 16.5. The monoisotopic (exact) mass is 373 g/mol. The first-order chi connectivity index (χ1) is 13.0. The summed E-state index contributed by atoms with van der Waals surface area (Å²) in [5.41, 5.74) is 7.52. The molecule has 2 aliphatic rings. The van der Waals surface area contributed by atoms with E-state index in [2.05, 4.69) is 10.3 Å². The Morgan fingerprint density at radius 3 is 2.67 bits per heavy atom. The Hall–Kier alpha value is -2.25. The fraction of sp³-hybridized carbons (Fsp3) is 0.550. The van der Waals surface area contributed by atoms with Crippen molar-refractivity contribution in [1.29, 1.82) is 0 Å². The number of carbonyl (C=O) groups excluding carboxylic acids is 2. The summed E-state index contributed by atoms with van der Waals surface area (Å²) in [6.45, 7) is 3.58. The number of hydrogen-bond donors (Lipinski definition) is 2. The molecule has 1 saturated heterocycles. The van der Waals surface area contributed by atoms with Crippen LogP contribution in [0.1, 0.15) is 37.7 Å². The van der Waals surface area contributed by atoms with Crippen molar-refractivity contribution in [2.45, 2.75) is 45.1 Å². The predicted molar refractivity (Wildman–Crippen MR) is 106 cm³/mol. The molecule has 2 heterocycles. The third-order valence-corrected chi connectivity index (χ3v) is 5.46. The third kappa shape index (κ3) is 4.20. The number of carbonyl (C=O) groups is 2. The first-order valence-corrected chi connectivity index (χ1v) is 9.71. The number of benzene rings is 1. The molecule has 146 valence electrons. The minimum atomic E-state index is -0.768. The molecule has 1 aromatic rings. The van der Waals surface area contributed by atoms with Crippen LogP contribution in [0.25, 0.3) is 0 Å². The van der Waals surface area contributed by atoms with E-state index in [1.165, 1.54) is 6.42 Å². The van der Waals surface area contributed by atoms with Gasteiger partial charge in [0.1, 0.15) is 24.7 Å². The van der Waals surface area contributed by atoms with Crippen molar-refractivity contribution >= 4 is 23.5 Å². The fourth-order valence-electron chi connectivity index (χ4n) is 3.84. The molecular formula is C20H29N4O3+. The van der Waals surface area contributed by atoms with Crippen LogP contribution in [0, 0.1) is 6.92 Å². The molecule has 27 heavy (non-hydrogen) atoms. The van der Waals surface area contributed by atoms with Gasteiger partial charge in [0.15, 0.2) is 0 Å². The lowest BCUT2D eigenvalue weighted by Gasteiger charge is -2.42. The third-order valence-electron chi connectivity index (χ3n) is 5.46. The Bertz CT molecular complexity index is 716. The fourth-order valence-corrected chi connectivity index (χ4v) is 3.84.